The summed E-state index contributed by atoms with van der Waals surface area (Å²) in [4.78, 5) is 12.3. The number of nitrogens with one attached hydrogen (secondary N) is 1. The molecule has 0 atom stereocenters. The van der Waals surface area contributed by atoms with Gasteiger partial charge in [0.2, 0.25) is 5.91 Å². The quantitative estimate of drug-likeness (QED) is 0.471. The predicted octanol–water partition coefficient (Wildman–Crippen LogP) is 5.62. The number of anilines is 1. The zero-order valence-electron chi connectivity index (χ0n) is 18.0. The van der Waals surface area contributed by atoms with E-state index in [-0.39, 0.29) is 12.0 Å². The highest BCUT2D eigenvalue weighted by Crippen LogP contribution is 2.29. The summed E-state index contributed by atoms with van der Waals surface area (Å²) in [5, 5.41) is 2.93. The van der Waals surface area contributed by atoms with Crippen molar-refractivity contribution in [3.8, 4) is 17.2 Å². The van der Waals surface area contributed by atoms with E-state index in [2.05, 4.69) is 12.2 Å². The van der Waals surface area contributed by atoms with Gasteiger partial charge in [0.15, 0.2) is 11.5 Å². The van der Waals surface area contributed by atoms with Crippen molar-refractivity contribution < 1.29 is 19.0 Å². The highest BCUT2D eigenvalue weighted by Gasteiger charge is 2.09. The van der Waals surface area contributed by atoms with Crippen LogP contribution in [-0.4, -0.2) is 25.2 Å². The molecule has 0 spiro atoms. The highest BCUT2D eigenvalue weighted by molar-refractivity contribution is 5.90. The molecule has 5 heteroatoms. The number of aryl methyl sites for hydroxylation is 1. The predicted molar refractivity (Wildman–Crippen MR) is 117 cm³/mol. The first-order valence-corrected chi connectivity index (χ1v) is 10.5. The molecule has 29 heavy (non-hydrogen) atoms. The molecular formula is C24H33NO4. The number of unbranched alkanes of at least 4 members (excludes halogenated alkanes) is 1. The molecule has 2 aromatic carbocycles. The van der Waals surface area contributed by atoms with Crippen molar-refractivity contribution in [1.82, 2.24) is 0 Å². The standard InChI is InChI=1S/C24H33NO4/c1-5-7-16-28-22-14-8-19(17-23(22)27-6-2)9-15-24(26)25-20-10-12-21(13-11-20)29-18(3)4/h8,10-14,17-18H,5-7,9,15-16H2,1-4H3,(H,25,26). The Morgan fingerprint density at radius 3 is 2.41 bits per heavy atom. The molecule has 0 bridgehead atoms. The Labute approximate surface area is 174 Å². The fourth-order valence-corrected chi connectivity index (χ4v) is 2.79. The van der Waals surface area contributed by atoms with Crippen LogP contribution < -0.4 is 19.5 Å². The third-order valence-corrected chi connectivity index (χ3v) is 4.21. The molecule has 0 heterocycles. The van der Waals surface area contributed by atoms with Gasteiger partial charge in [-0.15, -0.1) is 0 Å². The maximum absolute atomic E-state index is 12.3. The summed E-state index contributed by atoms with van der Waals surface area (Å²) in [6.45, 7) is 9.30. The van der Waals surface area contributed by atoms with Gasteiger partial charge in [-0.3, -0.25) is 4.79 Å². The summed E-state index contributed by atoms with van der Waals surface area (Å²) < 4.78 is 17.1. The number of ether oxygens (including phenoxy) is 3. The maximum Gasteiger partial charge on any atom is 0.224 e. The Kier molecular flexibility index (Phi) is 9.35. The van der Waals surface area contributed by atoms with Gasteiger partial charge in [-0.25, -0.2) is 0 Å². The zero-order valence-corrected chi connectivity index (χ0v) is 18.0. The lowest BCUT2D eigenvalue weighted by atomic mass is 10.1. The number of amides is 1. The number of rotatable bonds is 12. The monoisotopic (exact) mass is 399 g/mol. The third-order valence-electron chi connectivity index (χ3n) is 4.21. The van der Waals surface area contributed by atoms with Gasteiger partial charge in [0.25, 0.3) is 0 Å². The number of benzene rings is 2. The van der Waals surface area contributed by atoms with Gasteiger partial charge in [-0.05, 0) is 75.6 Å². The van der Waals surface area contributed by atoms with Gasteiger partial charge >= 0.3 is 0 Å². The highest BCUT2D eigenvalue weighted by atomic mass is 16.5. The van der Waals surface area contributed by atoms with Crippen LogP contribution in [0.25, 0.3) is 0 Å². The van der Waals surface area contributed by atoms with Crippen molar-refractivity contribution in [2.24, 2.45) is 0 Å². The van der Waals surface area contributed by atoms with Crippen molar-refractivity contribution in [2.45, 2.75) is 59.5 Å². The Hall–Kier alpha value is -2.69. The van der Waals surface area contributed by atoms with Crippen molar-refractivity contribution in [2.75, 3.05) is 18.5 Å². The maximum atomic E-state index is 12.3. The zero-order chi connectivity index (χ0) is 21.1. The summed E-state index contributed by atoms with van der Waals surface area (Å²) in [6.07, 6.45) is 3.25. The summed E-state index contributed by atoms with van der Waals surface area (Å²) in [5.41, 5.74) is 1.81. The minimum atomic E-state index is -0.0243. The van der Waals surface area contributed by atoms with E-state index in [0.29, 0.717) is 26.1 Å². The topological polar surface area (TPSA) is 56.8 Å². The second kappa shape index (κ2) is 12.0. The number of hydrogen-bond donors (Lipinski definition) is 1. The lowest BCUT2D eigenvalue weighted by molar-refractivity contribution is -0.116. The van der Waals surface area contributed by atoms with Crippen LogP contribution in [-0.2, 0) is 11.2 Å². The molecule has 0 unspecified atom stereocenters. The molecule has 158 valence electrons. The summed E-state index contributed by atoms with van der Waals surface area (Å²) in [7, 11) is 0. The Morgan fingerprint density at radius 1 is 1.00 bits per heavy atom. The summed E-state index contributed by atoms with van der Waals surface area (Å²) >= 11 is 0. The van der Waals surface area contributed by atoms with Gasteiger partial charge in [0, 0.05) is 12.1 Å². The van der Waals surface area contributed by atoms with Gasteiger partial charge in [0.1, 0.15) is 5.75 Å². The first-order valence-electron chi connectivity index (χ1n) is 10.5. The lowest BCUT2D eigenvalue weighted by Gasteiger charge is -2.13. The molecule has 0 aliphatic carbocycles. The molecule has 2 rings (SSSR count). The van der Waals surface area contributed by atoms with Crippen molar-refractivity contribution >= 4 is 11.6 Å². The van der Waals surface area contributed by atoms with Gasteiger partial charge in [-0.1, -0.05) is 19.4 Å². The molecule has 1 amide bonds. The molecule has 0 saturated heterocycles. The first-order chi connectivity index (χ1) is 14.0. The van der Waals surface area contributed by atoms with Crippen LogP contribution >= 0.6 is 0 Å². The minimum absolute atomic E-state index is 0.0243. The number of carbonyl (C=O) groups is 1. The van der Waals surface area contributed by atoms with Crippen LogP contribution in [0.5, 0.6) is 17.2 Å². The Balaban J connectivity index is 1.89. The molecular weight excluding hydrogens is 366 g/mol. The molecule has 0 aliphatic rings. The SMILES string of the molecule is CCCCOc1ccc(CCC(=O)Nc2ccc(OC(C)C)cc2)cc1OCC. The Bertz CT molecular complexity index is 756. The van der Waals surface area contributed by atoms with Crippen molar-refractivity contribution in [3.63, 3.8) is 0 Å². The molecule has 0 aromatic heterocycles. The normalized spacial score (nSPS) is 10.7. The van der Waals surface area contributed by atoms with E-state index in [1.807, 2.05) is 63.2 Å². The van der Waals surface area contributed by atoms with Crippen LogP contribution in [0.1, 0.15) is 52.5 Å². The number of hydrogen-bond acceptors (Lipinski definition) is 4. The van der Waals surface area contributed by atoms with E-state index in [1.165, 1.54) is 0 Å². The average Bonchev–Trinajstić information content (AvgIpc) is 2.69. The summed E-state index contributed by atoms with van der Waals surface area (Å²) in [5.74, 6) is 2.27. The van der Waals surface area contributed by atoms with E-state index < -0.39 is 0 Å². The molecule has 0 fully saturated rings. The average molecular weight is 400 g/mol. The molecule has 5 nitrogen and oxygen atoms in total. The van der Waals surface area contributed by atoms with Gasteiger partial charge in [0.05, 0.1) is 19.3 Å². The van der Waals surface area contributed by atoms with E-state index in [9.17, 15) is 4.79 Å². The first kappa shape index (κ1) is 22.6. The van der Waals surface area contributed by atoms with Crippen LogP contribution in [0.3, 0.4) is 0 Å². The molecule has 1 N–H and O–H groups in total. The largest absolute Gasteiger partial charge is 0.491 e. The molecule has 0 saturated carbocycles. The Morgan fingerprint density at radius 2 is 1.76 bits per heavy atom. The lowest BCUT2D eigenvalue weighted by Crippen LogP contribution is -2.12. The molecule has 2 aromatic rings. The summed E-state index contributed by atoms with van der Waals surface area (Å²) in [6, 6.07) is 13.3. The van der Waals surface area contributed by atoms with Crippen LogP contribution in [0.2, 0.25) is 0 Å². The third kappa shape index (κ3) is 8.06. The van der Waals surface area contributed by atoms with E-state index in [4.69, 9.17) is 14.2 Å². The van der Waals surface area contributed by atoms with Gasteiger partial charge < -0.3 is 19.5 Å². The molecule has 0 radical (unpaired) electrons. The van der Waals surface area contributed by atoms with Crippen LogP contribution in [0, 0.1) is 0 Å². The van der Waals surface area contributed by atoms with Gasteiger partial charge in [-0.2, -0.15) is 0 Å². The van der Waals surface area contributed by atoms with Crippen LogP contribution in [0.15, 0.2) is 42.5 Å². The fourth-order valence-electron chi connectivity index (χ4n) is 2.79. The van der Waals surface area contributed by atoms with E-state index in [1.54, 1.807) is 0 Å². The fraction of sp³-hybridized carbons (Fsp3) is 0.458. The smallest absolute Gasteiger partial charge is 0.224 e. The molecule has 0 aliphatic heterocycles. The second-order valence-electron chi connectivity index (χ2n) is 7.16. The van der Waals surface area contributed by atoms with Crippen molar-refractivity contribution in [1.29, 1.82) is 0 Å². The van der Waals surface area contributed by atoms with E-state index >= 15 is 0 Å². The van der Waals surface area contributed by atoms with Crippen LogP contribution in [0.4, 0.5) is 5.69 Å². The van der Waals surface area contributed by atoms with E-state index in [0.717, 1.165) is 41.3 Å². The second-order valence-corrected chi connectivity index (χ2v) is 7.16. The van der Waals surface area contributed by atoms with Crippen molar-refractivity contribution in [3.05, 3.63) is 48.0 Å². The number of carbonyl (C=O) groups excluding carboxylic acids is 1. The minimum Gasteiger partial charge on any atom is -0.491 e.